The van der Waals surface area contributed by atoms with E-state index in [1.165, 1.54) is 32.1 Å². The highest BCUT2D eigenvalue weighted by Crippen LogP contribution is 2.31. The van der Waals surface area contributed by atoms with E-state index in [0.717, 1.165) is 11.3 Å². The van der Waals surface area contributed by atoms with Gasteiger partial charge in [0.05, 0.1) is 20.3 Å². The van der Waals surface area contributed by atoms with Crippen LogP contribution in [0.2, 0.25) is 0 Å². The van der Waals surface area contributed by atoms with Gasteiger partial charge in [0.15, 0.2) is 0 Å². The summed E-state index contributed by atoms with van der Waals surface area (Å²) in [5, 5.41) is 10.6. The van der Waals surface area contributed by atoms with Crippen molar-refractivity contribution in [2.24, 2.45) is 0 Å². The van der Waals surface area contributed by atoms with Crippen LogP contribution in [-0.4, -0.2) is 43.9 Å². The van der Waals surface area contributed by atoms with Gasteiger partial charge in [-0.15, -0.1) is 0 Å². The molecular weight excluding hydrogens is 266 g/mol. The monoisotopic (exact) mass is 293 g/mol. The lowest BCUT2D eigenvalue weighted by Crippen LogP contribution is -2.36. The molecule has 0 aliphatic heterocycles. The maximum atomic E-state index is 10.6. The lowest BCUT2D eigenvalue weighted by molar-refractivity contribution is 0.0895. The Morgan fingerprint density at radius 2 is 1.90 bits per heavy atom. The molecule has 1 aliphatic carbocycles. The summed E-state index contributed by atoms with van der Waals surface area (Å²) in [6.45, 7) is 0.619. The third-order valence-electron chi connectivity index (χ3n) is 4.45. The first-order chi connectivity index (χ1) is 10.2. The van der Waals surface area contributed by atoms with Crippen LogP contribution in [0.15, 0.2) is 18.2 Å². The van der Waals surface area contributed by atoms with E-state index in [9.17, 15) is 5.11 Å². The molecule has 0 heterocycles. The van der Waals surface area contributed by atoms with Gasteiger partial charge in [-0.25, -0.2) is 0 Å². The van der Waals surface area contributed by atoms with Crippen molar-refractivity contribution in [3.05, 3.63) is 23.8 Å². The van der Waals surface area contributed by atoms with Crippen LogP contribution >= 0.6 is 0 Å². The van der Waals surface area contributed by atoms with Gasteiger partial charge >= 0.3 is 0 Å². The molecule has 0 aromatic heterocycles. The number of benzene rings is 1. The van der Waals surface area contributed by atoms with Crippen molar-refractivity contribution >= 4 is 0 Å². The Balaban J connectivity index is 2.06. The highest BCUT2D eigenvalue weighted by Gasteiger charge is 2.22. The molecule has 4 heteroatoms. The Hall–Kier alpha value is -1.26. The third-order valence-corrected chi connectivity index (χ3v) is 4.45. The number of aliphatic hydroxyl groups excluding tert-OH is 1. The molecule has 1 atom stereocenters. The van der Waals surface area contributed by atoms with Gasteiger partial charge in [-0.1, -0.05) is 19.3 Å². The first kappa shape index (κ1) is 16.1. The van der Waals surface area contributed by atoms with Crippen molar-refractivity contribution in [3.63, 3.8) is 0 Å². The van der Waals surface area contributed by atoms with E-state index >= 15 is 0 Å². The average molecular weight is 293 g/mol. The summed E-state index contributed by atoms with van der Waals surface area (Å²) in [7, 11) is 5.36. The second kappa shape index (κ2) is 7.66. The fourth-order valence-electron chi connectivity index (χ4n) is 3.14. The third kappa shape index (κ3) is 4.11. The van der Waals surface area contributed by atoms with E-state index in [2.05, 4.69) is 11.9 Å². The van der Waals surface area contributed by atoms with Crippen LogP contribution in [0.4, 0.5) is 0 Å². The van der Waals surface area contributed by atoms with Crippen molar-refractivity contribution in [2.75, 3.05) is 27.8 Å². The highest BCUT2D eigenvalue weighted by molar-refractivity contribution is 5.41. The molecule has 0 saturated heterocycles. The van der Waals surface area contributed by atoms with Crippen molar-refractivity contribution in [3.8, 4) is 11.5 Å². The predicted molar refractivity (Wildman–Crippen MR) is 84.0 cm³/mol. The Morgan fingerprint density at radius 1 is 1.19 bits per heavy atom. The van der Waals surface area contributed by atoms with Gasteiger partial charge in [0, 0.05) is 18.2 Å². The van der Waals surface area contributed by atoms with Crippen LogP contribution in [0, 0.1) is 0 Å². The molecule has 0 spiro atoms. The molecule has 21 heavy (non-hydrogen) atoms. The number of aliphatic hydroxyl groups is 1. The van der Waals surface area contributed by atoms with Gasteiger partial charge in [-0.3, -0.25) is 0 Å². The van der Waals surface area contributed by atoms with E-state index in [4.69, 9.17) is 9.47 Å². The average Bonchev–Trinajstić information content (AvgIpc) is 2.54. The Labute approximate surface area is 127 Å². The fourth-order valence-corrected chi connectivity index (χ4v) is 3.14. The van der Waals surface area contributed by atoms with Crippen LogP contribution in [0.5, 0.6) is 11.5 Å². The number of hydrogen-bond donors (Lipinski definition) is 1. The topological polar surface area (TPSA) is 41.9 Å². The first-order valence-electron chi connectivity index (χ1n) is 7.76. The van der Waals surface area contributed by atoms with E-state index in [-0.39, 0.29) is 0 Å². The Morgan fingerprint density at radius 3 is 2.52 bits per heavy atom. The fraction of sp³-hybridized carbons (Fsp3) is 0.647. The van der Waals surface area contributed by atoms with Crippen molar-refractivity contribution < 1.29 is 14.6 Å². The first-order valence-corrected chi connectivity index (χ1v) is 7.76. The van der Waals surface area contributed by atoms with Crippen molar-refractivity contribution in [1.82, 2.24) is 4.90 Å². The smallest absolute Gasteiger partial charge is 0.124 e. The molecule has 0 amide bonds. The molecular formula is C17H27NO3. The van der Waals surface area contributed by atoms with E-state index < -0.39 is 6.10 Å². The molecule has 0 radical (unpaired) electrons. The summed E-state index contributed by atoms with van der Waals surface area (Å²) in [6, 6.07) is 6.14. The zero-order valence-electron chi connectivity index (χ0n) is 13.3. The minimum absolute atomic E-state index is 0.568. The number of nitrogens with zero attached hydrogens (tertiary/aromatic N) is 1. The largest absolute Gasteiger partial charge is 0.497 e. The second-order valence-corrected chi connectivity index (χ2v) is 5.86. The molecule has 1 N–H and O–H groups in total. The molecule has 1 saturated carbocycles. The molecule has 2 rings (SSSR count). The van der Waals surface area contributed by atoms with Gasteiger partial charge in [-0.2, -0.15) is 0 Å². The molecule has 1 unspecified atom stereocenters. The van der Waals surface area contributed by atoms with Crippen LogP contribution in [0.3, 0.4) is 0 Å². The van der Waals surface area contributed by atoms with Crippen LogP contribution in [-0.2, 0) is 0 Å². The second-order valence-electron chi connectivity index (χ2n) is 5.86. The summed E-state index contributed by atoms with van der Waals surface area (Å²) in [6.07, 6.45) is 5.84. The maximum absolute atomic E-state index is 10.6. The van der Waals surface area contributed by atoms with Gasteiger partial charge < -0.3 is 19.5 Å². The number of ether oxygens (including phenoxy) is 2. The number of hydrogen-bond acceptors (Lipinski definition) is 4. The highest BCUT2D eigenvalue weighted by atomic mass is 16.5. The minimum atomic E-state index is -0.568. The number of rotatable bonds is 6. The molecule has 0 bridgehead atoms. The zero-order valence-corrected chi connectivity index (χ0v) is 13.3. The molecule has 118 valence electrons. The molecule has 1 fully saturated rings. The van der Waals surface area contributed by atoms with Gasteiger partial charge in [0.2, 0.25) is 0 Å². The number of methoxy groups -OCH3 is 2. The standard InChI is InChI=1S/C17H27NO3/c1-18(13-7-5-4-6-8-13)12-16(19)15-11-14(20-2)9-10-17(15)21-3/h9-11,13,16,19H,4-8,12H2,1-3H3. The number of likely N-dealkylation sites (N-methyl/N-ethyl adjacent to an activating group) is 1. The zero-order chi connectivity index (χ0) is 15.2. The molecule has 4 nitrogen and oxygen atoms in total. The lowest BCUT2D eigenvalue weighted by atomic mass is 9.94. The SMILES string of the molecule is COc1ccc(OC)c(C(O)CN(C)C2CCCCC2)c1. The van der Waals surface area contributed by atoms with E-state index in [0.29, 0.717) is 18.3 Å². The summed E-state index contributed by atoms with van der Waals surface area (Å²) in [5.74, 6) is 1.45. The molecule has 1 aromatic rings. The Bertz CT molecular complexity index is 444. The minimum Gasteiger partial charge on any atom is -0.497 e. The van der Waals surface area contributed by atoms with Gasteiger partial charge in [-0.05, 0) is 38.1 Å². The normalized spacial score (nSPS) is 17.8. The molecule has 1 aliphatic rings. The van der Waals surface area contributed by atoms with Crippen molar-refractivity contribution in [1.29, 1.82) is 0 Å². The Kier molecular flexibility index (Phi) is 5.88. The van der Waals surface area contributed by atoms with Crippen LogP contribution < -0.4 is 9.47 Å². The summed E-state index contributed by atoms with van der Waals surface area (Å²) in [5.41, 5.74) is 0.791. The van der Waals surface area contributed by atoms with Gasteiger partial charge in [0.1, 0.15) is 11.5 Å². The van der Waals surface area contributed by atoms with E-state index in [1.807, 2.05) is 18.2 Å². The van der Waals surface area contributed by atoms with Crippen LogP contribution in [0.25, 0.3) is 0 Å². The maximum Gasteiger partial charge on any atom is 0.124 e. The van der Waals surface area contributed by atoms with Crippen LogP contribution in [0.1, 0.15) is 43.8 Å². The van der Waals surface area contributed by atoms with E-state index in [1.54, 1.807) is 14.2 Å². The summed E-state index contributed by atoms with van der Waals surface area (Å²) in [4.78, 5) is 2.28. The quantitative estimate of drug-likeness (QED) is 0.875. The van der Waals surface area contributed by atoms with Crippen molar-refractivity contribution in [2.45, 2.75) is 44.2 Å². The lowest BCUT2D eigenvalue weighted by Gasteiger charge is -2.32. The summed E-state index contributed by atoms with van der Waals surface area (Å²) < 4.78 is 10.6. The summed E-state index contributed by atoms with van der Waals surface area (Å²) >= 11 is 0. The molecule has 1 aromatic carbocycles. The predicted octanol–water partition coefficient (Wildman–Crippen LogP) is 3.00. The van der Waals surface area contributed by atoms with Gasteiger partial charge in [0.25, 0.3) is 0 Å².